The molecule has 0 bridgehead atoms. The number of esters is 2. The maximum atomic E-state index is 16.7. The third kappa shape index (κ3) is 18.6. The molecule has 49 atom stereocenters. The van der Waals surface area contributed by atoms with E-state index in [9.17, 15) is 122 Å². The van der Waals surface area contributed by atoms with Gasteiger partial charge in [-0.05, 0) is 132 Å². The van der Waals surface area contributed by atoms with Crippen molar-refractivity contribution in [3.05, 3.63) is 36.0 Å². The van der Waals surface area contributed by atoms with Crippen LogP contribution in [0.5, 0.6) is 0 Å². The zero-order valence-electron chi connectivity index (χ0n) is 74.0. The largest absolute Gasteiger partial charge is 0.458 e. The molecule has 8 saturated heterocycles. The van der Waals surface area contributed by atoms with Crippen LogP contribution in [0.15, 0.2) is 36.0 Å². The molecule has 0 aromatic carbocycles. The van der Waals surface area contributed by atoms with E-state index in [1.54, 1.807) is 13.0 Å². The Kier molecular flexibility index (Phi) is 31.3. The summed E-state index contributed by atoms with van der Waals surface area (Å²) in [4.78, 5) is 31.5. The molecular formula is C86H138O42. The lowest BCUT2D eigenvalue weighted by atomic mass is 9.33. The second kappa shape index (κ2) is 39.3. The lowest BCUT2D eigenvalue weighted by Gasteiger charge is -2.72. The Hall–Kier alpha value is -3.36. The van der Waals surface area contributed by atoms with Gasteiger partial charge in [-0.25, -0.2) is 4.79 Å². The van der Waals surface area contributed by atoms with Gasteiger partial charge in [-0.15, -0.1) is 6.58 Å². The number of rotatable bonds is 26. The first kappa shape index (κ1) is 102. The quantitative estimate of drug-likeness (QED) is 0.0166. The van der Waals surface area contributed by atoms with E-state index in [4.69, 9.17) is 80.5 Å². The fraction of sp³-hybridized carbons (Fsp3) is 0.907. The molecule has 0 spiro atoms. The third-order valence-corrected chi connectivity index (χ3v) is 31.4. The number of carbonyl (C=O) groups excluding carboxylic acids is 2. The van der Waals surface area contributed by atoms with Crippen molar-refractivity contribution in [2.45, 2.75) is 405 Å². The van der Waals surface area contributed by atoms with Crippen LogP contribution in [0.3, 0.4) is 0 Å². The smallest absolute Gasteiger partial charge is 0.333 e. The molecule has 0 amide bonds. The summed E-state index contributed by atoms with van der Waals surface area (Å²) in [6.45, 7) is 21.9. The standard InChI is InChI=1S/C86H138O42/c1-14-82(10,128-76-64(108)55(99)48(92)33(3)114-76)21-15-16-32(2)70(110)121-47-26-86(79(111)127-78-69(59(103)52(96)40(28-88)119-78)126-75-65(109)67(124-74-63(107)56(100)51(95)39(27-87)117-74)66(35(5)116-75)123-73-61(105)53(97)41(29-89)118-73)37(24-80(47,6)7)36-17-18-44-83(11)22-20-46(81(8,9)43(83)19-23-84(44,12)85(36,13)25-45(86)91)122-72-62(106)57(101)54(98)42(120-72)31-113-77-68(58(102)49(93)34(4)115-77)125-71-60(104)50(94)38(90)30-112-71/h14,16-17,33-35,37-69,71-78,87-109H,1,15,18-31H2,2-13H3/b32-16+/t33-,34-,35+,37+,38-,39-,40-,41+,42-,43+,44-,45-,46+,47+,48-,49+,50+,51-,52-,53+,54-,55+,56+,57+,58+,59+,60-,61-,62-,63-,64-,65-,66+,67+,68-,69-,71+,72+,73+,74+,75+,76+,77-,78+,82-,83+,84-,85-,86-/m1/s1. The van der Waals surface area contributed by atoms with Gasteiger partial charge in [0.05, 0.1) is 69.2 Å². The summed E-state index contributed by atoms with van der Waals surface area (Å²) in [7, 11) is 0. The highest BCUT2D eigenvalue weighted by molar-refractivity contribution is 5.88. The molecule has 42 heteroatoms. The molecule has 12 fully saturated rings. The summed E-state index contributed by atoms with van der Waals surface area (Å²) < 4.78 is 104. The molecule has 8 heterocycles. The summed E-state index contributed by atoms with van der Waals surface area (Å²) in [5, 5.41) is 256. The van der Waals surface area contributed by atoms with Crippen LogP contribution >= 0.6 is 0 Å². The monoisotopic (exact) mass is 1840 g/mol. The average molecular weight is 1840 g/mol. The van der Waals surface area contributed by atoms with Crippen molar-refractivity contribution in [1.82, 2.24) is 0 Å². The van der Waals surface area contributed by atoms with E-state index in [2.05, 4.69) is 47.3 Å². The number of fused-ring (bicyclic) bond motifs is 7. The van der Waals surface area contributed by atoms with E-state index in [1.165, 1.54) is 33.8 Å². The normalized spacial score (nSPS) is 51.9. The van der Waals surface area contributed by atoms with Crippen molar-refractivity contribution >= 4 is 11.9 Å². The van der Waals surface area contributed by atoms with Gasteiger partial charge < -0.3 is 198 Å². The van der Waals surface area contributed by atoms with Crippen LogP contribution in [0.25, 0.3) is 0 Å². The van der Waals surface area contributed by atoms with Gasteiger partial charge in [0.1, 0.15) is 170 Å². The van der Waals surface area contributed by atoms with E-state index >= 15 is 4.79 Å². The molecule has 23 N–H and O–H groups in total. The number of hydrogen-bond donors (Lipinski definition) is 23. The predicted molar refractivity (Wildman–Crippen MR) is 428 cm³/mol. The minimum absolute atomic E-state index is 0.0265. The molecule has 8 aliphatic heterocycles. The highest BCUT2D eigenvalue weighted by atomic mass is 16.8. The average Bonchev–Trinajstić information content (AvgIpc) is 0.883. The Morgan fingerprint density at radius 2 is 0.969 bits per heavy atom. The second-order valence-electron chi connectivity index (χ2n) is 40.0. The fourth-order valence-corrected chi connectivity index (χ4v) is 23.0. The SMILES string of the molecule is C=C[C@](C)(CC/C=C(\C)C(=O)O[C@H]1C[C@]2(C(=O)O[C@@H]3O[C@H](CO)[C@@H](O)[C@H](O)[C@H]3O[C@@H]3O[C@@H](C)[C@H](O[C@@H]4O[C@@H](CO)[C@H](O)[C@H]4O)[C@@H](O[C@@H]4O[C@H](CO)[C@@H](O)[C@H](O)[C@H]4O)[C@H]3O)[C@H](O)C[C@]3(C)C(=CC[C@@H]4[C@@]5(C)CC[C@H](O[C@@H]6O[C@H](CO[C@@H]7O[C@H](C)[C@H](O)[C@H](O)[C@H]7O[C@@H]7OC[C@@H](O)[C@H](O)[C@H]7O)[C@@H](O)[C@H](O)[C@H]6O)C(C)(C)[C@@H]5CC[C@]43C)[C@@H]2CC1(C)C)O[C@@H]1O[C@H](C)[C@@H](O)[C@H](O)[C@H]1O. The fourth-order valence-electron chi connectivity index (χ4n) is 23.0. The molecule has 13 aliphatic rings. The molecule has 4 saturated carbocycles. The Morgan fingerprint density at radius 1 is 0.484 bits per heavy atom. The molecule has 0 unspecified atom stereocenters. The van der Waals surface area contributed by atoms with Crippen LogP contribution in [0, 0.1) is 50.2 Å². The summed E-state index contributed by atoms with van der Waals surface area (Å²) in [6.07, 6.45) is -62.0. The first-order chi connectivity index (χ1) is 59.9. The van der Waals surface area contributed by atoms with Crippen LogP contribution in [0.4, 0.5) is 0 Å². The summed E-state index contributed by atoms with van der Waals surface area (Å²) >= 11 is 0. The number of hydrogen-bond acceptors (Lipinski definition) is 42. The summed E-state index contributed by atoms with van der Waals surface area (Å²) in [5.74, 6) is -3.30. The van der Waals surface area contributed by atoms with E-state index in [0.29, 0.717) is 32.1 Å². The Morgan fingerprint density at radius 3 is 1.59 bits per heavy atom. The second-order valence-corrected chi connectivity index (χ2v) is 40.0. The van der Waals surface area contributed by atoms with Gasteiger partial charge in [-0.3, -0.25) is 4.79 Å². The van der Waals surface area contributed by atoms with Gasteiger partial charge in [-0.1, -0.05) is 72.3 Å². The van der Waals surface area contributed by atoms with Crippen LogP contribution in [-0.2, 0) is 90.1 Å². The van der Waals surface area contributed by atoms with Gasteiger partial charge in [0.25, 0.3) is 0 Å². The molecular weight excluding hydrogens is 1700 g/mol. The van der Waals surface area contributed by atoms with E-state index < -0.39 is 347 Å². The number of carbonyl (C=O) groups is 2. The molecule has 13 rings (SSSR count). The number of allylic oxidation sites excluding steroid dienone is 3. The Bertz CT molecular complexity index is 3820. The summed E-state index contributed by atoms with van der Waals surface area (Å²) in [6, 6.07) is 0. The van der Waals surface area contributed by atoms with Crippen molar-refractivity contribution in [3.8, 4) is 0 Å². The van der Waals surface area contributed by atoms with Gasteiger partial charge in [0.15, 0.2) is 50.1 Å². The first-order valence-electron chi connectivity index (χ1n) is 44.6. The van der Waals surface area contributed by atoms with Crippen LogP contribution in [0.2, 0.25) is 0 Å². The predicted octanol–water partition coefficient (Wildman–Crippen LogP) is -6.22. The van der Waals surface area contributed by atoms with E-state index in [0.717, 1.165) is 5.57 Å². The van der Waals surface area contributed by atoms with Crippen LogP contribution in [-0.4, -0.2) is 420 Å². The molecule has 5 aliphatic carbocycles. The first-order valence-corrected chi connectivity index (χ1v) is 44.6. The molecule has 0 radical (unpaired) electrons. The lowest BCUT2D eigenvalue weighted by molar-refractivity contribution is -0.390. The van der Waals surface area contributed by atoms with E-state index in [-0.39, 0.29) is 43.1 Å². The maximum Gasteiger partial charge on any atom is 0.333 e. The van der Waals surface area contributed by atoms with Crippen molar-refractivity contribution < 1.29 is 208 Å². The maximum absolute atomic E-state index is 16.7. The molecule has 0 aromatic rings. The Balaban J connectivity index is 0.783. The number of aliphatic hydroxyl groups is 23. The minimum atomic E-state index is -2.25. The molecule has 734 valence electrons. The zero-order valence-corrected chi connectivity index (χ0v) is 74.0. The molecule has 128 heavy (non-hydrogen) atoms. The van der Waals surface area contributed by atoms with Crippen molar-refractivity contribution in [2.75, 3.05) is 33.0 Å². The van der Waals surface area contributed by atoms with Crippen molar-refractivity contribution in [3.63, 3.8) is 0 Å². The van der Waals surface area contributed by atoms with E-state index in [1.807, 2.05) is 13.8 Å². The number of aliphatic hydroxyl groups excluding tert-OH is 23. The Labute approximate surface area is 740 Å². The van der Waals surface area contributed by atoms with Gasteiger partial charge >= 0.3 is 11.9 Å². The summed E-state index contributed by atoms with van der Waals surface area (Å²) in [5.41, 5.74) is -6.48. The number of ether oxygens (including phenoxy) is 17. The zero-order chi connectivity index (χ0) is 94.0. The van der Waals surface area contributed by atoms with Gasteiger partial charge in [0, 0.05) is 17.4 Å². The highest BCUT2D eigenvalue weighted by Gasteiger charge is 2.74. The third-order valence-electron chi connectivity index (χ3n) is 31.4. The van der Waals surface area contributed by atoms with Crippen LogP contribution < -0.4 is 0 Å². The van der Waals surface area contributed by atoms with Gasteiger partial charge in [0.2, 0.25) is 6.29 Å². The lowest BCUT2D eigenvalue weighted by Crippen LogP contribution is -2.70. The highest BCUT2D eigenvalue weighted by Crippen LogP contribution is 2.76. The van der Waals surface area contributed by atoms with Gasteiger partial charge in [-0.2, -0.15) is 0 Å². The van der Waals surface area contributed by atoms with Crippen molar-refractivity contribution in [1.29, 1.82) is 0 Å². The minimum Gasteiger partial charge on any atom is -0.458 e. The molecule has 42 nitrogen and oxygen atoms in total. The van der Waals surface area contributed by atoms with Crippen molar-refractivity contribution in [2.24, 2.45) is 50.2 Å². The topological polar surface area (TPSA) is 656 Å². The van der Waals surface area contributed by atoms with Crippen LogP contribution in [0.1, 0.15) is 147 Å². The molecule has 0 aromatic heterocycles.